The number of carbonyl (C=O) groups is 2. The van der Waals surface area contributed by atoms with Crippen LogP contribution in [0.2, 0.25) is 0 Å². The first-order valence-corrected chi connectivity index (χ1v) is 6.45. The van der Waals surface area contributed by atoms with Gasteiger partial charge in [-0.3, -0.25) is 14.9 Å². The van der Waals surface area contributed by atoms with Crippen LogP contribution >= 0.6 is 0 Å². The van der Waals surface area contributed by atoms with Crippen molar-refractivity contribution >= 4 is 17.6 Å². The van der Waals surface area contributed by atoms with Crippen LogP contribution in [-0.2, 0) is 9.53 Å². The minimum Gasteiger partial charge on any atom is -0.496 e. The van der Waals surface area contributed by atoms with Crippen LogP contribution in [0.3, 0.4) is 0 Å². The van der Waals surface area contributed by atoms with E-state index in [1.807, 2.05) is 0 Å². The molecular weight excluding hydrogens is 308 g/mol. The highest BCUT2D eigenvalue weighted by Crippen LogP contribution is 2.23. The summed E-state index contributed by atoms with van der Waals surface area (Å²) in [6, 6.07) is 2.14. The normalized spacial score (nSPS) is 11.3. The number of nitrogens with one attached hydrogen (secondary N) is 1. The number of nitro groups is 1. The van der Waals surface area contributed by atoms with E-state index in [0.29, 0.717) is 0 Å². The number of nitrogens with zero attached hydrogens (tertiary/aromatic N) is 1. The molecule has 1 aromatic carbocycles. The van der Waals surface area contributed by atoms with Crippen molar-refractivity contribution in [3.05, 3.63) is 46.5 Å². The Morgan fingerprint density at radius 1 is 1.52 bits per heavy atom. The van der Waals surface area contributed by atoms with E-state index in [4.69, 9.17) is 14.6 Å². The predicted octanol–water partition coefficient (Wildman–Crippen LogP) is 0.989. The zero-order valence-corrected chi connectivity index (χ0v) is 12.4. The second kappa shape index (κ2) is 8.49. The van der Waals surface area contributed by atoms with E-state index in [1.54, 1.807) is 0 Å². The van der Waals surface area contributed by atoms with Crippen molar-refractivity contribution in [3.8, 4) is 5.75 Å². The van der Waals surface area contributed by atoms with Gasteiger partial charge < -0.3 is 19.9 Å². The fourth-order valence-electron chi connectivity index (χ4n) is 1.67. The van der Waals surface area contributed by atoms with Crippen molar-refractivity contribution in [1.29, 1.82) is 0 Å². The Bertz CT molecular complexity index is 615. The Morgan fingerprint density at radius 2 is 2.22 bits per heavy atom. The maximum atomic E-state index is 12.2. The summed E-state index contributed by atoms with van der Waals surface area (Å²) in [4.78, 5) is 33.4. The van der Waals surface area contributed by atoms with Gasteiger partial charge in [0.1, 0.15) is 5.75 Å². The van der Waals surface area contributed by atoms with Gasteiger partial charge in [0.15, 0.2) is 6.04 Å². The van der Waals surface area contributed by atoms with Crippen LogP contribution in [0.15, 0.2) is 30.9 Å². The first-order chi connectivity index (χ1) is 10.9. The average Bonchev–Trinajstić information content (AvgIpc) is 2.52. The maximum absolute atomic E-state index is 12.2. The lowest BCUT2D eigenvalue weighted by atomic mass is 10.1. The smallest absolute Gasteiger partial charge is 0.328 e. The fraction of sp³-hybridized carbons (Fsp3) is 0.286. The highest BCUT2D eigenvalue weighted by Gasteiger charge is 2.24. The van der Waals surface area contributed by atoms with E-state index in [0.717, 1.165) is 6.07 Å². The van der Waals surface area contributed by atoms with Crippen molar-refractivity contribution in [2.24, 2.45) is 0 Å². The van der Waals surface area contributed by atoms with Crippen LogP contribution in [-0.4, -0.2) is 48.3 Å². The summed E-state index contributed by atoms with van der Waals surface area (Å²) in [7, 11) is 1.29. The van der Waals surface area contributed by atoms with Gasteiger partial charge in [0, 0.05) is 12.1 Å². The maximum Gasteiger partial charge on any atom is 0.328 e. The highest BCUT2D eigenvalue weighted by molar-refractivity contribution is 5.99. The molecule has 0 saturated heterocycles. The van der Waals surface area contributed by atoms with Crippen molar-refractivity contribution in [1.82, 2.24) is 5.32 Å². The van der Waals surface area contributed by atoms with E-state index >= 15 is 0 Å². The number of nitro benzene ring substituents is 1. The monoisotopic (exact) mass is 324 g/mol. The number of hydrogen-bond acceptors (Lipinski definition) is 6. The Labute approximate surface area is 131 Å². The quantitative estimate of drug-likeness (QED) is 0.300. The van der Waals surface area contributed by atoms with Gasteiger partial charge in [-0.25, -0.2) is 4.79 Å². The Kier molecular flexibility index (Phi) is 6.68. The van der Waals surface area contributed by atoms with Crippen LogP contribution < -0.4 is 10.1 Å². The number of ether oxygens (including phenoxy) is 2. The second-order valence-corrected chi connectivity index (χ2v) is 4.33. The number of carboxylic acid groups (broad SMARTS) is 1. The third-order valence-corrected chi connectivity index (χ3v) is 2.76. The molecule has 124 valence electrons. The molecule has 0 radical (unpaired) electrons. The molecule has 0 bridgehead atoms. The van der Waals surface area contributed by atoms with Gasteiger partial charge in [0.05, 0.1) is 30.8 Å². The molecule has 0 aliphatic carbocycles. The van der Waals surface area contributed by atoms with Gasteiger partial charge in [-0.1, -0.05) is 6.08 Å². The van der Waals surface area contributed by atoms with E-state index < -0.39 is 22.8 Å². The standard InChI is InChI=1S/C14H16N2O7/c1-3-6-23-8-11(14(18)19)15-13(17)10-7-9(16(20)21)4-5-12(10)22-2/h3-5,7,11H,1,6,8H2,2H3,(H,15,17)(H,18,19). The van der Waals surface area contributed by atoms with Gasteiger partial charge in [-0.15, -0.1) is 6.58 Å². The average molecular weight is 324 g/mol. The van der Waals surface area contributed by atoms with Crippen molar-refractivity contribution in [3.63, 3.8) is 0 Å². The van der Waals surface area contributed by atoms with E-state index in [1.165, 1.54) is 25.3 Å². The lowest BCUT2D eigenvalue weighted by molar-refractivity contribution is -0.384. The molecule has 1 amide bonds. The molecule has 2 N–H and O–H groups in total. The lowest BCUT2D eigenvalue weighted by Crippen LogP contribution is -2.44. The van der Waals surface area contributed by atoms with E-state index in [9.17, 15) is 19.7 Å². The number of benzene rings is 1. The summed E-state index contributed by atoms with van der Waals surface area (Å²) in [5, 5.41) is 22.1. The van der Waals surface area contributed by atoms with Crippen LogP contribution in [0.25, 0.3) is 0 Å². The van der Waals surface area contributed by atoms with Gasteiger partial charge in [0.25, 0.3) is 11.6 Å². The third-order valence-electron chi connectivity index (χ3n) is 2.76. The zero-order chi connectivity index (χ0) is 17.4. The highest BCUT2D eigenvalue weighted by atomic mass is 16.6. The molecule has 0 aliphatic heterocycles. The van der Waals surface area contributed by atoms with Gasteiger partial charge in [-0.05, 0) is 6.07 Å². The third kappa shape index (κ3) is 5.08. The molecule has 23 heavy (non-hydrogen) atoms. The number of carbonyl (C=O) groups excluding carboxylic acids is 1. The van der Waals surface area contributed by atoms with Crippen LogP contribution in [0.5, 0.6) is 5.75 Å². The summed E-state index contributed by atoms with van der Waals surface area (Å²) in [5.74, 6) is -2.03. The minimum atomic E-state index is -1.31. The SMILES string of the molecule is C=CCOCC(NC(=O)c1cc([N+](=O)[O-])ccc1OC)C(=O)O. The molecular formula is C14H16N2O7. The van der Waals surface area contributed by atoms with E-state index in [-0.39, 0.29) is 30.2 Å². The summed E-state index contributed by atoms with van der Waals surface area (Å²) >= 11 is 0. The van der Waals surface area contributed by atoms with Crippen molar-refractivity contribution in [2.45, 2.75) is 6.04 Å². The number of methoxy groups -OCH3 is 1. The Balaban J connectivity index is 2.97. The molecule has 0 aliphatic rings. The minimum absolute atomic E-state index is 0.0873. The van der Waals surface area contributed by atoms with Gasteiger partial charge in [0.2, 0.25) is 0 Å². The summed E-state index contributed by atoms with van der Waals surface area (Å²) in [5.41, 5.74) is -0.456. The van der Waals surface area contributed by atoms with Crippen molar-refractivity contribution in [2.75, 3.05) is 20.3 Å². The first-order valence-electron chi connectivity index (χ1n) is 6.45. The molecule has 1 unspecified atom stereocenters. The predicted molar refractivity (Wildman–Crippen MR) is 79.6 cm³/mol. The molecule has 0 spiro atoms. The molecule has 9 nitrogen and oxygen atoms in total. The molecule has 9 heteroatoms. The lowest BCUT2D eigenvalue weighted by Gasteiger charge is -2.15. The molecule has 1 rings (SSSR count). The first kappa shape index (κ1) is 18.1. The zero-order valence-electron chi connectivity index (χ0n) is 12.4. The van der Waals surface area contributed by atoms with Gasteiger partial charge >= 0.3 is 5.97 Å². The summed E-state index contributed by atoms with van der Waals surface area (Å²) < 4.78 is 9.97. The second-order valence-electron chi connectivity index (χ2n) is 4.33. The number of non-ortho nitro benzene ring substituents is 1. The Morgan fingerprint density at radius 3 is 2.74 bits per heavy atom. The summed E-state index contributed by atoms with van der Waals surface area (Å²) in [6.07, 6.45) is 1.43. The molecule has 1 aromatic rings. The topological polar surface area (TPSA) is 128 Å². The van der Waals surface area contributed by atoms with Gasteiger partial charge in [-0.2, -0.15) is 0 Å². The Hall–Kier alpha value is -2.94. The van der Waals surface area contributed by atoms with E-state index in [2.05, 4.69) is 11.9 Å². The number of amides is 1. The van der Waals surface area contributed by atoms with Crippen LogP contribution in [0, 0.1) is 10.1 Å². The van der Waals surface area contributed by atoms with Crippen molar-refractivity contribution < 1.29 is 29.1 Å². The number of carboxylic acids is 1. The molecule has 1 atom stereocenters. The van der Waals surface area contributed by atoms with Crippen LogP contribution in [0.4, 0.5) is 5.69 Å². The molecule has 0 aromatic heterocycles. The molecule has 0 fully saturated rings. The number of hydrogen-bond donors (Lipinski definition) is 2. The largest absolute Gasteiger partial charge is 0.496 e. The molecule has 0 heterocycles. The summed E-state index contributed by atoms with van der Waals surface area (Å²) in [6.45, 7) is 3.27. The molecule has 0 saturated carbocycles. The fourth-order valence-corrected chi connectivity index (χ4v) is 1.67. The van der Waals surface area contributed by atoms with Crippen LogP contribution in [0.1, 0.15) is 10.4 Å². The number of rotatable bonds is 9. The number of aliphatic carboxylic acids is 1.